The molecule has 1 saturated heterocycles. The number of carbonyl (C=O) groups is 1. The van der Waals surface area contributed by atoms with Crippen molar-refractivity contribution in [2.75, 3.05) is 6.61 Å². The zero-order valence-corrected chi connectivity index (χ0v) is 20.2. The summed E-state index contributed by atoms with van der Waals surface area (Å²) in [5.74, 6) is 2.70. The first-order valence-corrected chi connectivity index (χ1v) is 13.1. The van der Waals surface area contributed by atoms with Crippen LogP contribution in [0.3, 0.4) is 0 Å². The predicted octanol–water partition coefficient (Wildman–Crippen LogP) is 4.68. The number of benzene rings is 1. The summed E-state index contributed by atoms with van der Waals surface area (Å²) in [6.45, 7) is 5.47. The molecule has 2 aromatic rings. The van der Waals surface area contributed by atoms with Gasteiger partial charge in [-0.1, -0.05) is 18.2 Å². The zero-order chi connectivity index (χ0) is 22.9. The number of rotatable bonds is 8. The van der Waals surface area contributed by atoms with Gasteiger partial charge in [-0.3, -0.25) is 9.36 Å². The molecule has 8 heteroatoms. The molecule has 1 amide bonds. The van der Waals surface area contributed by atoms with Crippen molar-refractivity contribution in [2.24, 2.45) is 17.8 Å². The SMILES string of the molecule is CC(Sc1nnc(-c2ccc(F)cc2)n1CC1CCCO1)C(=O)NC(C)C1CC2CCC1C2. The predicted molar refractivity (Wildman–Crippen MR) is 126 cm³/mol. The van der Waals surface area contributed by atoms with E-state index in [0.717, 1.165) is 36.8 Å². The van der Waals surface area contributed by atoms with Gasteiger partial charge in [-0.15, -0.1) is 10.2 Å². The van der Waals surface area contributed by atoms with Gasteiger partial charge in [0, 0.05) is 18.2 Å². The molecule has 1 aromatic carbocycles. The van der Waals surface area contributed by atoms with Gasteiger partial charge in [0.05, 0.1) is 17.9 Å². The van der Waals surface area contributed by atoms with E-state index >= 15 is 0 Å². The van der Waals surface area contributed by atoms with Gasteiger partial charge in [0.15, 0.2) is 11.0 Å². The third-order valence-corrected chi connectivity index (χ3v) is 8.77. The highest BCUT2D eigenvalue weighted by Crippen LogP contribution is 2.49. The molecular formula is C25H33FN4O2S. The lowest BCUT2D eigenvalue weighted by atomic mass is 9.84. The lowest BCUT2D eigenvalue weighted by molar-refractivity contribution is -0.121. The van der Waals surface area contributed by atoms with E-state index in [1.807, 2.05) is 11.5 Å². The van der Waals surface area contributed by atoms with Crippen LogP contribution in [-0.4, -0.2) is 44.7 Å². The van der Waals surface area contributed by atoms with E-state index in [1.165, 1.54) is 49.6 Å². The van der Waals surface area contributed by atoms with Crippen molar-refractivity contribution >= 4 is 17.7 Å². The Morgan fingerprint density at radius 3 is 2.70 bits per heavy atom. The number of aromatic nitrogens is 3. The number of carbonyl (C=O) groups excluding carboxylic acids is 1. The molecule has 5 rings (SSSR count). The van der Waals surface area contributed by atoms with Crippen LogP contribution < -0.4 is 5.32 Å². The first-order valence-electron chi connectivity index (χ1n) is 12.3. The lowest BCUT2D eigenvalue weighted by Gasteiger charge is -2.29. The molecule has 2 heterocycles. The van der Waals surface area contributed by atoms with E-state index in [0.29, 0.717) is 23.4 Å². The van der Waals surface area contributed by atoms with Crippen LogP contribution >= 0.6 is 11.8 Å². The Morgan fingerprint density at radius 1 is 1.21 bits per heavy atom. The van der Waals surface area contributed by atoms with Gasteiger partial charge in [-0.2, -0.15) is 0 Å². The second-order valence-corrected chi connectivity index (χ2v) is 11.3. The summed E-state index contributed by atoms with van der Waals surface area (Å²) < 4.78 is 21.3. The monoisotopic (exact) mass is 472 g/mol. The molecule has 2 aliphatic carbocycles. The van der Waals surface area contributed by atoms with E-state index in [4.69, 9.17) is 4.74 Å². The Hall–Kier alpha value is -1.93. The number of amides is 1. The molecule has 33 heavy (non-hydrogen) atoms. The molecule has 3 fully saturated rings. The van der Waals surface area contributed by atoms with Crippen molar-refractivity contribution in [2.45, 2.75) is 81.5 Å². The average molecular weight is 473 g/mol. The minimum Gasteiger partial charge on any atom is -0.376 e. The molecule has 178 valence electrons. The Bertz CT molecular complexity index is 975. The highest BCUT2D eigenvalue weighted by Gasteiger charge is 2.42. The van der Waals surface area contributed by atoms with Gasteiger partial charge in [0.25, 0.3) is 0 Å². The summed E-state index contributed by atoms with van der Waals surface area (Å²) in [5.41, 5.74) is 0.802. The van der Waals surface area contributed by atoms with Crippen molar-refractivity contribution in [1.82, 2.24) is 20.1 Å². The second-order valence-electron chi connectivity index (χ2n) is 9.95. The topological polar surface area (TPSA) is 69.0 Å². The second kappa shape index (κ2) is 9.74. The van der Waals surface area contributed by atoms with Crippen molar-refractivity contribution in [3.05, 3.63) is 30.1 Å². The summed E-state index contributed by atoms with van der Waals surface area (Å²) in [4.78, 5) is 13.0. The molecule has 6 unspecified atom stereocenters. The number of thioether (sulfide) groups is 1. The van der Waals surface area contributed by atoms with Crippen molar-refractivity contribution < 1.29 is 13.9 Å². The fourth-order valence-electron chi connectivity index (χ4n) is 5.91. The highest BCUT2D eigenvalue weighted by atomic mass is 32.2. The number of hydrogen-bond acceptors (Lipinski definition) is 5. The van der Waals surface area contributed by atoms with Crippen LogP contribution in [0.1, 0.15) is 52.4 Å². The summed E-state index contributed by atoms with van der Waals surface area (Å²) in [6, 6.07) is 6.50. The number of fused-ring (bicyclic) bond motifs is 2. The normalized spacial score (nSPS) is 28.2. The molecule has 2 saturated carbocycles. The molecule has 3 aliphatic rings. The summed E-state index contributed by atoms with van der Waals surface area (Å²) in [6.07, 6.45) is 7.41. The largest absolute Gasteiger partial charge is 0.376 e. The third kappa shape index (κ3) is 4.97. The maximum Gasteiger partial charge on any atom is 0.233 e. The molecule has 1 N–H and O–H groups in total. The zero-order valence-electron chi connectivity index (χ0n) is 19.4. The molecule has 0 spiro atoms. The molecule has 6 nitrogen and oxygen atoms in total. The van der Waals surface area contributed by atoms with Crippen LogP contribution in [0.5, 0.6) is 0 Å². The van der Waals surface area contributed by atoms with E-state index in [2.05, 4.69) is 22.4 Å². The first kappa shape index (κ1) is 22.8. The fraction of sp³-hybridized carbons (Fsp3) is 0.640. The standard InChI is InChI=1S/C25H33FN4O2S/c1-15(22-13-17-5-6-19(22)12-17)27-24(31)16(2)33-25-29-28-23(18-7-9-20(26)10-8-18)30(25)14-21-4-3-11-32-21/h7-10,15-17,19,21-22H,3-6,11-14H2,1-2H3,(H,27,31). The number of ether oxygens (including phenoxy) is 1. The summed E-state index contributed by atoms with van der Waals surface area (Å²) in [7, 11) is 0. The van der Waals surface area contributed by atoms with Crippen LogP contribution in [-0.2, 0) is 16.1 Å². The number of hydrogen-bond donors (Lipinski definition) is 1. The van der Waals surface area contributed by atoms with E-state index in [1.54, 1.807) is 12.1 Å². The molecule has 1 aliphatic heterocycles. The van der Waals surface area contributed by atoms with E-state index in [9.17, 15) is 9.18 Å². The number of nitrogens with one attached hydrogen (secondary N) is 1. The molecule has 6 atom stereocenters. The summed E-state index contributed by atoms with van der Waals surface area (Å²) in [5, 5.41) is 12.5. The Morgan fingerprint density at radius 2 is 2.03 bits per heavy atom. The lowest BCUT2D eigenvalue weighted by Crippen LogP contribution is -2.43. The van der Waals surface area contributed by atoms with Gasteiger partial charge in [-0.25, -0.2) is 4.39 Å². The molecular weight excluding hydrogens is 439 g/mol. The van der Waals surface area contributed by atoms with Gasteiger partial charge < -0.3 is 10.1 Å². The third-order valence-electron chi connectivity index (χ3n) is 7.69. The Labute approximate surface area is 199 Å². The van der Waals surface area contributed by atoms with Crippen molar-refractivity contribution in [3.63, 3.8) is 0 Å². The maximum absolute atomic E-state index is 13.5. The van der Waals surface area contributed by atoms with Crippen LogP contribution in [0, 0.1) is 23.6 Å². The smallest absolute Gasteiger partial charge is 0.233 e. The summed E-state index contributed by atoms with van der Waals surface area (Å²) >= 11 is 1.43. The molecule has 0 radical (unpaired) electrons. The average Bonchev–Trinajstić information content (AvgIpc) is 3.61. The van der Waals surface area contributed by atoms with Crippen LogP contribution in [0.4, 0.5) is 4.39 Å². The number of halogens is 1. The minimum absolute atomic E-state index is 0.0465. The Balaban J connectivity index is 1.29. The van der Waals surface area contributed by atoms with Crippen LogP contribution in [0.2, 0.25) is 0 Å². The van der Waals surface area contributed by atoms with Gasteiger partial charge in [0.2, 0.25) is 5.91 Å². The first-order chi connectivity index (χ1) is 16.0. The van der Waals surface area contributed by atoms with E-state index < -0.39 is 0 Å². The van der Waals surface area contributed by atoms with Crippen LogP contribution in [0.25, 0.3) is 11.4 Å². The van der Waals surface area contributed by atoms with Gasteiger partial charge in [0.1, 0.15) is 5.82 Å². The van der Waals surface area contributed by atoms with Crippen LogP contribution in [0.15, 0.2) is 29.4 Å². The molecule has 1 aromatic heterocycles. The van der Waals surface area contributed by atoms with E-state index in [-0.39, 0.29) is 29.1 Å². The Kier molecular flexibility index (Phi) is 6.74. The minimum atomic E-state index is -0.292. The molecule has 2 bridgehead atoms. The van der Waals surface area contributed by atoms with Gasteiger partial charge in [-0.05, 0) is 88.0 Å². The number of nitrogens with zero attached hydrogens (tertiary/aromatic N) is 3. The quantitative estimate of drug-likeness (QED) is 0.565. The van der Waals surface area contributed by atoms with Crippen molar-refractivity contribution in [3.8, 4) is 11.4 Å². The van der Waals surface area contributed by atoms with Gasteiger partial charge >= 0.3 is 0 Å². The fourth-order valence-corrected chi connectivity index (χ4v) is 6.78. The van der Waals surface area contributed by atoms with Crippen molar-refractivity contribution in [1.29, 1.82) is 0 Å². The highest BCUT2D eigenvalue weighted by molar-refractivity contribution is 8.00. The maximum atomic E-state index is 13.5.